The molecule has 0 aliphatic carbocycles. The Bertz CT molecular complexity index is 2110. The molecule has 0 radical (unpaired) electrons. The molecule has 3 aromatic carbocycles. The number of fused-ring (bicyclic) bond motifs is 2. The Hall–Kier alpha value is -5.89. The van der Waals surface area contributed by atoms with E-state index in [2.05, 4.69) is 38.1 Å². The lowest BCUT2D eigenvalue weighted by molar-refractivity contribution is -0.136. The lowest BCUT2D eigenvalue weighted by atomic mass is 10.0. The number of imide groups is 2. The van der Waals surface area contributed by atoms with Crippen LogP contribution in [0.1, 0.15) is 106 Å². The van der Waals surface area contributed by atoms with E-state index < -0.39 is 29.7 Å². The Labute approximate surface area is 312 Å². The first-order valence-electron chi connectivity index (χ1n) is 18.7. The van der Waals surface area contributed by atoms with Crippen molar-refractivity contribution in [2.45, 2.75) is 76.9 Å². The number of aromatic amines is 1. The molecule has 1 aromatic heterocycles. The first-order valence-corrected chi connectivity index (χ1v) is 18.7. The molecule has 2 fully saturated rings. The van der Waals surface area contributed by atoms with Crippen LogP contribution in [0.5, 0.6) is 0 Å². The molecule has 14 nitrogen and oxygen atoms in total. The Balaban J connectivity index is 0.795. The number of imidazole rings is 1. The minimum atomic E-state index is -0.992. The van der Waals surface area contributed by atoms with Gasteiger partial charge in [0.1, 0.15) is 11.9 Å². The van der Waals surface area contributed by atoms with Gasteiger partial charge in [-0.15, -0.1) is 0 Å². The highest BCUT2D eigenvalue weighted by Crippen LogP contribution is 2.30. The quantitative estimate of drug-likeness (QED) is 0.0913. The van der Waals surface area contributed by atoms with E-state index in [9.17, 15) is 28.8 Å². The van der Waals surface area contributed by atoms with E-state index in [0.717, 1.165) is 60.5 Å². The van der Waals surface area contributed by atoms with E-state index in [1.807, 2.05) is 18.2 Å². The third kappa shape index (κ3) is 8.03. The summed E-state index contributed by atoms with van der Waals surface area (Å²) in [6, 6.07) is 16.7. The SMILES string of the molecule is C[C@H]1CCCN1Cc1nc2ccc(NC(=O)c3ccc(C(=O)NCCCCCCNc4ccc5c(c4)C(=O)N(C4CCC(=O)NC4=O)C5=O)cc3)cc2[nH]1. The van der Waals surface area contributed by atoms with Gasteiger partial charge in [-0.25, -0.2) is 4.98 Å². The molecule has 0 spiro atoms. The fourth-order valence-electron chi connectivity index (χ4n) is 7.33. The topological polar surface area (TPSA) is 186 Å². The fourth-order valence-corrected chi connectivity index (χ4v) is 7.33. The monoisotopic (exact) mass is 732 g/mol. The normalized spacial score (nSPS) is 18.6. The summed E-state index contributed by atoms with van der Waals surface area (Å²) in [6.07, 6.45) is 6.10. The molecule has 4 aromatic rings. The second kappa shape index (κ2) is 16.0. The predicted molar refractivity (Wildman–Crippen MR) is 202 cm³/mol. The number of anilines is 2. The van der Waals surface area contributed by atoms with Gasteiger partial charge in [-0.05, 0) is 106 Å². The van der Waals surface area contributed by atoms with Crippen molar-refractivity contribution in [1.29, 1.82) is 0 Å². The summed E-state index contributed by atoms with van der Waals surface area (Å²) in [5.74, 6) is -1.66. The number of piperidine rings is 1. The van der Waals surface area contributed by atoms with Crippen molar-refractivity contribution in [2.75, 3.05) is 30.3 Å². The highest BCUT2D eigenvalue weighted by Gasteiger charge is 2.44. The molecule has 2 atom stereocenters. The molecule has 3 aliphatic rings. The number of H-pyrrole nitrogens is 1. The number of hydrogen-bond donors (Lipinski definition) is 5. The number of carbonyl (C=O) groups excluding carboxylic acids is 6. The van der Waals surface area contributed by atoms with Crippen LogP contribution >= 0.6 is 0 Å². The van der Waals surface area contributed by atoms with Gasteiger partial charge >= 0.3 is 0 Å². The number of carbonyl (C=O) groups is 6. The Morgan fingerprint density at radius 3 is 2.28 bits per heavy atom. The number of nitrogens with zero attached hydrogens (tertiary/aromatic N) is 3. The summed E-state index contributed by atoms with van der Waals surface area (Å²) in [6.45, 7) is 5.28. The molecule has 3 aliphatic heterocycles. The second-order valence-electron chi connectivity index (χ2n) is 14.2. The van der Waals surface area contributed by atoms with Crippen LogP contribution in [0.15, 0.2) is 60.7 Å². The van der Waals surface area contributed by atoms with Crippen LogP contribution in [0.25, 0.3) is 11.0 Å². The minimum absolute atomic E-state index is 0.0739. The van der Waals surface area contributed by atoms with Crippen molar-refractivity contribution < 1.29 is 28.8 Å². The molecule has 54 heavy (non-hydrogen) atoms. The Kier molecular flexibility index (Phi) is 10.8. The van der Waals surface area contributed by atoms with E-state index in [0.29, 0.717) is 41.6 Å². The first-order chi connectivity index (χ1) is 26.1. The van der Waals surface area contributed by atoms with Crippen molar-refractivity contribution >= 4 is 57.9 Å². The average Bonchev–Trinajstić information content (AvgIpc) is 3.83. The first kappa shape index (κ1) is 36.5. The summed E-state index contributed by atoms with van der Waals surface area (Å²) in [4.78, 5) is 86.9. The highest BCUT2D eigenvalue weighted by atomic mass is 16.2. The number of benzene rings is 3. The van der Waals surface area contributed by atoms with Gasteiger partial charge in [0, 0.05) is 48.1 Å². The lowest BCUT2D eigenvalue weighted by Gasteiger charge is -2.27. The van der Waals surface area contributed by atoms with Gasteiger partial charge in [-0.1, -0.05) is 12.8 Å². The highest BCUT2D eigenvalue weighted by molar-refractivity contribution is 6.23. The third-order valence-electron chi connectivity index (χ3n) is 10.4. The maximum atomic E-state index is 13.0. The largest absolute Gasteiger partial charge is 0.385 e. The molecule has 1 unspecified atom stereocenters. The zero-order chi connectivity index (χ0) is 37.8. The van der Waals surface area contributed by atoms with Crippen LogP contribution in [-0.4, -0.2) is 86.9 Å². The van der Waals surface area contributed by atoms with Crippen molar-refractivity contribution in [3.63, 3.8) is 0 Å². The van der Waals surface area contributed by atoms with Crippen LogP contribution in [0, 0.1) is 0 Å². The minimum Gasteiger partial charge on any atom is -0.385 e. The zero-order valence-corrected chi connectivity index (χ0v) is 30.2. The third-order valence-corrected chi connectivity index (χ3v) is 10.4. The molecule has 2 saturated heterocycles. The molecule has 4 heterocycles. The number of hydrogen-bond acceptors (Lipinski definition) is 9. The maximum absolute atomic E-state index is 13.0. The van der Waals surface area contributed by atoms with E-state index in [1.165, 1.54) is 12.8 Å². The number of nitrogens with one attached hydrogen (secondary N) is 5. The Morgan fingerprint density at radius 1 is 0.815 bits per heavy atom. The number of rotatable bonds is 14. The van der Waals surface area contributed by atoms with Crippen LogP contribution in [0.3, 0.4) is 0 Å². The van der Waals surface area contributed by atoms with Crippen molar-refractivity contribution in [2.24, 2.45) is 0 Å². The average molecular weight is 733 g/mol. The van der Waals surface area contributed by atoms with E-state index in [-0.39, 0.29) is 35.8 Å². The molecule has 7 rings (SSSR count). The molecule has 0 saturated carbocycles. The standard InChI is InChI=1S/C40H44N8O6/c1-24-7-6-20-47(24)23-34-44-31-15-13-28(22-32(31)45-34)43-37(51)26-10-8-25(9-11-26)36(50)42-19-5-3-2-4-18-41-27-12-14-29-30(21-27)40(54)48(39(29)53)33-16-17-35(49)46-38(33)52/h8-15,21-22,24,33,41H,2-7,16-20,23H2,1H3,(H,42,50)(H,43,51)(H,44,45)(H,46,49,52)/t24-,33?/m0/s1. The molecular weight excluding hydrogens is 688 g/mol. The van der Waals surface area contributed by atoms with Gasteiger partial charge in [0.2, 0.25) is 11.8 Å². The van der Waals surface area contributed by atoms with Gasteiger partial charge in [0.05, 0.1) is 28.7 Å². The fraction of sp³-hybridized carbons (Fsp3) is 0.375. The zero-order valence-electron chi connectivity index (χ0n) is 30.2. The van der Waals surface area contributed by atoms with E-state index in [4.69, 9.17) is 4.98 Å². The number of amides is 6. The van der Waals surface area contributed by atoms with Crippen molar-refractivity contribution in [3.05, 3.63) is 88.7 Å². The van der Waals surface area contributed by atoms with E-state index >= 15 is 0 Å². The number of likely N-dealkylation sites (tertiary alicyclic amines) is 1. The Morgan fingerprint density at radius 2 is 1.54 bits per heavy atom. The summed E-state index contributed by atoms with van der Waals surface area (Å²) >= 11 is 0. The molecule has 5 N–H and O–H groups in total. The van der Waals surface area contributed by atoms with Gasteiger partial charge in [0.25, 0.3) is 23.6 Å². The summed E-state index contributed by atoms with van der Waals surface area (Å²) < 4.78 is 0. The molecule has 6 amide bonds. The van der Waals surface area contributed by atoms with Crippen molar-refractivity contribution in [3.8, 4) is 0 Å². The number of aromatic nitrogens is 2. The lowest BCUT2D eigenvalue weighted by Crippen LogP contribution is -2.54. The molecule has 280 valence electrons. The smallest absolute Gasteiger partial charge is 0.262 e. The van der Waals surface area contributed by atoms with E-state index in [1.54, 1.807) is 42.5 Å². The van der Waals surface area contributed by atoms with Gasteiger partial charge < -0.3 is 20.9 Å². The maximum Gasteiger partial charge on any atom is 0.262 e. The van der Waals surface area contributed by atoms with Crippen LogP contribution in [-0.2, 0) is 16.1 Å². The van der Waals surface area contributed by atoms with Crippen LogP contribution in [0.4, 0.5) is 11.4 Å². The van der Waals surface area contributed by atoms with Gasteiger partial charge in [-0.2, -0.15) is 0 Å². The van der Waals surface area contributed by atoms with Crippen molar-refractivity contribution in [1.82, 2.24) is 30.4 Å². The number of unbranched alkanes of at least 4 members (excludes halogenated alkanes) is 3. The molecular formula is C40H44N8O6. The second-order valence-corrected chi connectivity index (χ2v) is 14.2. The predicted octanol–water partition coefficient (Wildman–Crippen LogP) is 4.60. The van der Waals surface area contributed by atoms with Gasteiger partial charge in [0.15, 0.2) is 0 Å². The summed E-state index contributed by atoms with van der Waals surface area (Å²) in [5, 5.41) is 11.4. The van der Waals surface area contributed by atoms with Crippen LogP contribution < -0.4 is 21.3 Å². The van der Waals surface area contributed by atoms with Gasteiger partial charge in [-0.3, -0.25) is 43.9 Å². The van der Waals surface area contributed by atoms with Crippen LogP contribution in [0.2, 0.25) is 0 Å². The molecule has 14 heteroatoms. The summed E-state index contributed by atoms with van der Waals surface area (Å²) in [5.41, 5.74) is 4.49. The molecule has 0 bridgehead atoms. The summed E-state index contributed by atoms with van der Waals surface area (Å²) in [7, 11) is 0.